The molecule has 0 spiro atoms. The first kappa shape index (κ1) is 36.4. The molecule has 0 radical (unpaired) electrons. The number of carbonyl (C=O) groups is 2. The van der Waals surface area contributed by atoms with Gasteiger partial charge >= 0.3 is 32.3 Å². The van der Waals surface area contributed by atoms with Crippen LogP contribution in [0, 0.1) is 34.6 Å². The van der Waals surface area contributed by atoms with Crippen molar-refractivity contribution in [3.8, 4) is 11.5 Å². The number of nitrogens with one attached hydrogen (secondary N) is 4. The van der Waals surface area contributed by atoms with Gasteiger partial charge in [0.25, 0.3) is 0 Å². The third kappa shape index (κ3) is 9.44. The summed E-state index contributed by atoms with van der Waals surface area (Å²) in [6.07, 6.45) is 0. The highest BCUT2D eigenvalue weighted by atomic mass is 32.2. The Balaban J connectivity index is 1.15. The standard InChI is InChI=1S/C37H36N4O8S2/c1-23-6-8-26(4)34(20-23)50(44,45)48-31-16-12-28(13-17-31)38-36(42)40-30-11-10-25(3)33(22-30)41-37(43)39-29-14-18-32(19-15-29)49-51(46,47)35-21-24(2)7-9-27(35)5/h6-22H,1-5H3,(H2,38,40,42)(H2,39,41,43). The van der Waals surface area contributed by atoms with Gasteiger partial charge < -0.3 is 29.6 Å². The first-order valence-electron chi connectivity index (χ1n) is 15.6. The summed E-state index contributed by atoms with van der Waals surface area (Å²) in [6.45, 7) is 8.74. The van der Waals surface area contributed by atoms with Crippen LogP contribution in [0.3, 0.4) is 0 Å². The van der Waals surface area contributed by atoms with Crippen LogP contribution < -0.4 is 29.6 Å². The molecule has 264 valence electrons. The van der Waals surface area contributed by atoms with E-state index in [9.17, 15) is 26.4 Å². The average Bonchev–Trinajstić information content (AvgIpc) is 3.06. The maximum atomic E-state index is 12.8. The van der Waals surface area contributed by atoms with Gasteiger partial charge in [0.2, 0.25) is 0 Å². The molecule has 0 aliphatic rings. The number of aryl methyl sites for hydroxylation is 5. The first-order valence-corrected chi connectivity index (χ1v) is 18.4. The molecule has 0 fully saturated rings. The van der Waals surface area contributed by atoms with Crippen molar-refractivity contribution in [1.29, 1.82) is 0 Å². The molecule has 0 saturated heterocycles. The van der Waals surface area contributed by atoms with Gasteiger partial charge in [-0.3, -0.25) is 0 Å². The van der Waals surface area contributed by atoms with Gasteiger partial charge in [-0.1, -0.05) is 30.3 Å². The average molecular weight is 729 g/mol. The Morgan fingerprint density at radius 2 is 0.824 bits per heavy atom. The van der Waals surface area contributed by atoms with Crippen molar-refractivity contribution < 1.29 is 34.8 Å². The number of anilines is 4. The van der Waals surface area contributed by atoms with E-state index >= 15 is 0 Å². The largest absolute Gasteiger partial charge is 0.379 e. The summed E-state index contributed by atoms with van der Waals surface area (Å²) >= 11 is 0. The van der Waals surface area contributed by atoms with Gasteiger partial charge in [-0.25, -0.2) is 9.59 Å². The molecule has 0 aromatic heterocycles. The predicted octanol–water partition coefficient (Wildman–Crippen LogP) is 8.05. The molecule has 4 amide bonds. The zero-order valence-corrected chi connectivity index (χ0v) is 30.0. The molecule has 0 atom stereocenters. The molecule has 5 aromatic carbocycles. The summed E-state index contributed by atoms with van der Waals surface area (Å²) in [5, 5.41) is 10.8. The van der Waals surface area contributed by atoms with Crippen molar-refractivity contribution in [3.05, 3.63) is 131 Å². The summed E-state index contributed by atoms with van der Waals surface area (Å²) in [4.78, 5) is 25.7. The van der Waals surface area contributed by atoms with Crippen LogP contribution >= 0.6 is 0 Å². The molecular formula is C37H36N4O8S2. The third-order valence-corrected chi connectivity index (χ3v) is 10.4. The number of carbonyl (C=O) groups excluding carboxylic acids is 2. The van der Waals surface area contributed by atoms with Crippen molar-refractivity contribution >= 4 is 55.0 Å². The Hall–Kier alpha value is -5.86. The Kier molecular flexibility index (Phi) is 10.7. The lowest BCUT2D eigenvalue weighted by Gasteiger charge is -2.14. The van der Waals surface area contributed by atoms with Crippen LogP contribution in [0.5, 0.6) is 11.5 Å². The lowest BCUT2D eigenvalue weighted by molar-refractivity contribution is 0.261. The Labute approximate surface area is 297 Å². The topological polar surface area (TPSA) is 169 Å². The summed E-state index contributed by atoms with van der Waals surface area (Å²) in [5.74, 6) is 0.167. The monoisotopic (exact) mass is 728 g/mol. The highest BCUT2D eigenvalue weighted by Crippen LogP contribution is 2.26. The zero-order chi connectivity index (χ0) is 36.9. The fourth-order valence-corrected chi connectivity index (χ4v) is 7.39. The van der Waals surface area contributed by atoms with E-state index in [1.165, 1.54) is 48.5 Å². The molecule has 0 aliphatic heterocycles. The lowest BCUT2D eigenvalue weighted by atomic mass is 10.2. The molecule has 0 aliphatic carbocycles. The van der Waals surface area contributed by atoms with Gasteiger partial charge in [0.05, 0.1) is 0 Å². The number of urea groups is 2. The first-order chi connectivity index (χ1) is 24.1. The number of hydrogen-bond acceptors (Lipinski definition) is 8. The number of rotatable bonds is 10. The van der Waals surface area contributed by atoms with Gasteiger partial charge in [-0.2, -0.15) is 16.8 Å². The number of benzene rings is 5. The van der Waals surface area contributed by atoms with E-state index in [0.717, 1.165) is 16.7 Å². The van der Waals surface area contributed by atoms with Crippen LogP contribution in [0.2, 0.25) is 0 Å². The summed E-state index contributed by atoms with van der Waals surface area (Å²) in [5.41, 5.74) is 5.00. The fraction of sp³-hybridized carbons (Fsp3) is 0.135. The second-order valence-corrected chi connectivity index (χ2v) is 14.9. The molecule has 12 nitrogen and oxygen atoms in total. The van der Waals surface area contributed by atoms with Crippen molar-refractivity contribution in [2.45, 2.75) is 44.4 Å². The van der Waals surface area contributed by atoms with Gasteiger partial charge in [0, 0.05) is 22.7 Å². The van der Waals surface area contributed by atoms with Crippen LogP contribution in [0.4, 0.5) is 32.3 Å². The molecule has 0 saturated carbocycles. The highest BCUT2D eigenvalue weighted by Gasteiger charge is 2.21. The van der Waals surface area contributed by atoms with Crippen LogP contribution in [0.25, 0.3) is 0 Å². The summed E-state index contributed by atoms with van der Waals surface area (Å²) < 4.78 is 61.8. The molecule has 51 heavy (non-hydrogen) atoms. The van der Waals surface area contributed by atoms with Gasteiger partial charge in [-0.05, 0) is 135 Å². The van der Waals surface area contributed by atoms with Crippen LogP contribution in [-0.4, -0.2) is 28.9 Å². The lowest BCUT2D eigenvalue weighted by Crippen LogP contribution is -2.21. The van der Waals surface area contributed by atoms with E-state index in [1.54, 1.807) is 77.1 Å². The van der Waals surface area contributed by atoms with Gasteiger partial charge in [-0.15, -0.1) is 0 Å². The smallest absolute Gasteiger partial charge is 0.339 e. The molecule has 5 aromatic rings. The summed E-state index contributed by atoms with van der Waals surface area (Å²) in [7, 11) is -8.11. The van der Waals surface area contributed by atoms with E-state index < -0.39 is 32.3 Å². The van der Waals surface area contributed by atoms with Crippen LogP contribution in [0.1, 0.15) is 27.8 Å². The van der Waals surface area contributed by atoms with E-state index in [4.69, 9.17) is 8.37 Å². The molecule has 14 heteroatoms. The number of amides is 4. The normalized spacial score (nSPS) is 11.3. The minimum Gasteiger partial charge on any atom is -0.379 e. The number of hydrogen-bond donors (Lipinski definition) is 4. The fourth-order valence-electron chi connectivity index (χ4n) is 4.90. The molecule has 5 rings (SSSR count). The minimum absolute atomic E-state index is 0.0806. The predicted molar refractivity (Wildman–Crippen MR) is 197 cm³/mol. The SMILES string of the molecule is Cc1ccc(C)c(S(=O)(=O)Oc2ccc(NC(=O)Nc3ccc(C)c(NC(=O)Nc4ccc(OS(=O)(=O)c5cc(C)ccc5C)cc4)c3)cc2)c1. The van der Waals surface area contributed by atoms with Crippen LogP contribution in [-0.2, 0) is 20.2 Å². The Morgan fingerprint density at radius 1 is 0.451 bits per heavy atom. The highest BCUT2D eigenvalue weighted by molar-refractivity contribution is 7.87. The second-order valence-electron chi connectivity index (χ2n) is 11.8. The molecular weight excluding hydrogens is 693 g/mol. The quantitative estimate of drug-likeness (QED) is 0.105. The minimum atomic E-state index is -4.06. The van der Waals surface area contributed by atoms with E-state index in [-0.39, 0.29) is 21.3 Å². The van der Waals surface area contributed by atoms with Crippen molar-refractivity contribution in [2.24, 2.45) is 0 Å². The molecule has 4 N–H and O–H groups in total. The van der Waals surface area contributed by atoms with Gasteiger partial charge in [0.1, 0.15) is 21.3 Å². The third-order valence-electron chi connectivity index (χ3n) is 7.61. The summed E-state index contributed by atoms with van der Waals surface area (Å²) in [6, 6.07) is 25.7. The van der Waals surface area contributed by atoms with Crippen molar-refractivity contribution in [2.75, 3.05) is 21.3 Å². The second kappa shape index (κ2) is 14.9. The van der Waals surface area contributed by atoms with E-state index in [2.05, 4.69) is 21.3 Å². The van der Waals surface area contributed by atoms with E-state index in [1.807, 2.05) is 12.1 Å². The van der Waals surface area contributed by atoms with Gasteiger partial charge in [0.15, 0.2) is 0 Å². The molecule has 0 bridgehead atoms. The van der Waals surface area contributed by atoms with Crippen molar-refractivity contribution in [3.63, 3.8) is 0 Å². The van der Waals surface area contributed by atoms with E-state index in [0.29, 0.717) is 33.9 Å². The Bertz CT molecular complexity index is 2330. The molecule has 0 heterocycles. The Morgan fingerprint density at radius 3 is 1.27 bits per heavy atom. The molecule has 0 unspecified atom stereocenters. The maximum absolute atomic E-state index is 12.8. The van der Waals surface area contributed by atoms with Crippen molar-refractivity contribution in [1.82, 2.24) is 0 Å². The zero-order valence-electron chi connectivity index (χ0n) is 28.4. The van der Waals surface area contributed by atoms with Crippen LogP contribution in [0.15, 0.2) is 113 Å². The maximum Gasteiger partial charge on any atom is 0.339 e.